The van der Waals surface area contributed by atoms with Crippen LogP contribution in [0.15, 0.2) is 23.1 Å². The maximum absolute atomic E-state index is 10.4. The molecule has 0 fully saturated rings. The van der Waals surface area contributed by atoms with Gasteiger partial charge in [0.15, 0.2) is 11.5 Å². The van der Waals surface area contributed by atoms with Crippen molar-refractivity contribution in [3.63, 3.8) is 0 Å². The number of ether oxygens (including phenoxy) is 2. The minimum absolute atomic E-state index is 0.00350. The molecule has 0 saturated heterocycles. The van der Waals surface area contributed by atoms with Crippen molar-refractivity contribution in [2.75, 3.05) is 20.0 Å². The zero-order valence-corrected chi connectivity index (χ0v) is 9.34. The van der Waals surface area contributed by atoms with Crippen molar-refractivity contribution >= 4 is 17.7 Å². The average molecular weight is 228 g/mol. The maximum atomic E-state index is 10.4. The first-order valence-electron chi connectivity index (χ1n) is 4.24. The molecule has 0 aliphatic carbocycles. The van der Waals surface area contributed by atoms with Crippen LogP contribution in [0, 0.1) is 0 Å². The molecule has 0 heterocycles. The van der Waals surface area contributed by atoms with Gasteiger partial charge in [-0.25, -0.2) is 0 Å². The van der Waals surface area contributed by atoms with Crippen molar-refractivity contribution in [2.45, 2.75) is 4.90 Å². The summed E-state index contributed by atoms with van der Waals surface area (Å²) in [5, 5.41) is 8.57. The Morgan fingerprint density at radius 1 is 1.40 bits per heavy atom. The monoisotopic (exact) mass is 228 g/mol. The SMILES string of the molecule is COc1cccc(SCC(=O)O)c1OC. The number of para-hydroxylation sites is 1. The largest absolute Gasteiger partial charge is 0.493 e. The molecule has 0 aromatic heterocycles. The van der Waals surface area contributed by atoms with E-state index in [0.717, 1.165) is 4.90 Å². The van der Waals surface area contributed by atoms with Crippen LogP contribution < -0.4 is 9.47 Å². The number of hydrogen-bond acceptors (Lipinski definition) is 4. The van der Waals surface area contributed by atoms with Crippen LogP contribution in [-0.4, -0.2) is 31.0 Å². The second kappa shape index (κ2) is 5.50. The molecule has 1 rings (SSSR count). The summed E-state index contributed by atoms with van der Waals surface area (Å²) in [6, 6.07) is 5.37. The van der Waals surface area contributed by atoms with Gasteiger partial charge in [-0.15, -0.1) is 11.8 Å². The molecule has 0 amide bonds. The van der Waals surface area contributed by atoms with Crippen LogP contribution in [0.5, 0.6) is 11.5 Å². The Labute approximate surface area is 92.2 Å². The number of methoxy groups -OCH3 is 2. The lowest BCUT2D eigenvalue weighted by Gasteiger charge is -2.10. The molecule has 0 unspecified atom stereocenters. The van der Waals surface area contributed by atoms with Gasteiger partial charge in [-0.2, -0.15) is 0 Å². The fourth-order valence-corrected chi connectivity index (χ4v) is 1.88. The number of aliphatic carboxylic acids is 1. The Morgan fingerprint density at radius 2 is 2.13 bits per heavy atom. The van der Waals surface area contributed by atoms with Crippen LogP contribution >= 0.6 is 11.8 Å². The highest BCUT2D eigenvalue weighted by atomic mass is 32.2. The first-order valence-corrected chi connectivity index (χ1v) is 5.23. The van der Waals surface area contributed by atoms with Crippen LogP contribution in [-0.2, 0) is 4.79 Å². The van der Waals surface area contributed by atoms with E-state index in [-0.39, 0.29) is 5.75 Å². The summed E-state index contributed by atoms with van der Waals surface area (Å²) in [5.74, 6) is 0.327. The molecule has 4 nitrogen and oxygen atoms in total. The predicted octanol–water partition coefficient (Wildman–Crippen LogP) is 1.88. The molecule has 0 aliphatic rings. The van der Waals surface area contributed by atoms with Crippen LogP contribution in [0.25, 0.3) is 0 Å². The molecule has 0 saturated carbocycles. The minimum Gasteiger partial charge on any atom is -0.493 e. The summed E-state index contributed by atoms with van der Waals surface area (Å²) < 4.78 is 10.3. The quantitative estimate of drug-likeness (QED) is 0.780. The van der Waals surface area contributed by atoms with Gasteiger partial charge in [0.1, 0.15) is 0 Å². The van der Waals surface area contributed by atoms with E-state index in [4.69, 9.17) is 14.6 Å². The normalized spacial score (nSPS) is 9.73. The van der Waals surface area contributed by atoms with Crippen molar-refractivity contribution < 1.29 is 19.4 Å². The Kier molecular flexibility index (Phi) is 4.30. The molecule has 1 aromatic carbocycles. The molecule has 0 spiro atoms. The zero-order chi connectivity index (χ0) is 11.3. The van der Waals surface area contributed by atoms with Gasteiger partial charge in [0, 0.05) is 0 Å². The third-order valence-electron chi connectivity index (χ3n) is 1.72. The van der Waals surface area contributed by atoms with Gasteiger partial charge in [0.05, 0.1) is 24.9 Å². The molecular formula is C10H12O4S. The van der Waals surface area contributed by atoms with E-state index in [2.05, 4.69) is 0 Å². The fraction of sp³-hybridized carbons (Fsp3) is 0.300. The standard InChI is InChI=1S/C10H12O4S/c1-13-7-4-3-5-8(10(7)14-2)15-6-9(11)12/h3-5H,6H2,1-2H3,(H,11,12). The van der Waals surface area contributed by atoms with Crippen LogP contribution in [0.4, 0.5) is 0 Å². The highest BCUT2D eigenvalue weighted by Crippen LogP contribution is 2.36. The summed E-state index contributed by atoms with van der Waals surface area (Å²) in [5.41, 5.74) is 0. The summed E-state index contributed by atoms with van der Waals surface area (Å²) >= 11 is 1.20. The molecule has 0 atom stereocenters. The van der Waals surface area contributed by atoms with Gasteiger partial charge in [-0.3, -0.25) is 4.79 Å². The van der Waals surface area contributed by atoms with E-state index in [1.54, 1.807) is 25.3 Å². The zero-order valence-electron chi connectivity index (χ0n) is 8.52. The maximum Gasteiger partial charge on any atom is 0.313 e. The fourth-order valence-electron chi connectivity index (χ4n) is 1.11. The number of benzene rings is 1. The van der Waals surface area contributed by atoms with Crippen molar-refractivity contribution in [1.82, 2.24) is 0 Å². The summed E-state index contributed by atoms with van der Waals surface area (Å²) in [4.78, 5) is 11.2. The molecule has 1 N–H and O–H groups in total. The molecule has 1 aromatic rings. The highest BCUT2D eigenvalue weighted by molar-refractivity contribution is 8.00. The Bertz CT molecular complexity index is 351. The molecule has 0 radical (unpaired) electrons. The van der Waals surface area contributed by atoms with E-state index in [1.165, 1.54) is 18.9 Å². The number of carboxylic acid groups (broad SMARTS) is 1. The Morgan fingerprint density at radius 3 is 2.67 bits per heavy atom. The van der Waals surface area contributed by atoms with Gasteiger partial charge >= 0.3 is 5.97 Å². The first-order chi connectivity index (χ1) is 7.19. The molecule has 0 bridgehead atoms. The van der Waals surface area contributed by atoms with E-state index < -0.39 is 5.97 Å². The molecule has 15 heavy (non-hydrogen) atoms. The van der Waals surface area contributed by atoms with Crippen molar-refractivity contribution in [2.24, 2.45) is 0 Å². The predicted molar refractivity (Wildman–Crippen MR) is 57.9 cm³/mol. The number of rotatable bonds is 5. The van der Waals surface area contributed by atoms with Crippen LogP contribution in [0.1, 0.15) is 0 Å². The number of carboxylic acids is 1. The van der Waals surface area contributed by atoms with Crippen molar-refractivity contribution in [3.05, 3.63) is 18.2 Å². The average Bonchev–Trinajstić information content (AvgIpc) is 2.25. The van der Waals surface area contributed by atoms with E-state index in [0.29, 0.717) is 11.5 Å². The molecule has 5 heteroatoms. The molecule has 82 valence electrons. The van der Waals surface area contributed by atoms with E-state index in [9.17, 15) is 4.79 Å². The second-order valence-electron chi connectivity index (χ2n) is 2.67. The third-order valence-corrected chi connectivity index (χ3v) is 2.74. The second-order valence-corrected chi connectivity index (χ2v) is 3.69. The summed E-state index contributed by atoms with van der Waals surface area (Å²) in [6.07, 6.45) is 0. The summed E-state index contributed by atoms with van der Waals surface area (Å²) in [7, 11) is 3.08. The molecular weight excluding hydrogens is 216 g/mol. The van der Waals surface area contributed by atoms with Gasteiger partial charge in [0.25, 0.3) is 0 Å². The lowest BCUT2D eigenvalue weighted by molar-refractivity contribution is -0.133. The lowest BCUT2D eigenvalue weighted by atomic mass is 10.3. The topological polar surface area (TPSA) is 55.8 Å². The van der Waals surface area contributed by atoms with E-state index >= 15 is 0 Å². The van der Waals surface area contributed by atoms with Gasteiger partial charge in [0.2, 0.25) is 0 Å². The van der Waals surface area contributed by atoms with Gasteiger partial charge in [-0.05, 0) is 12.1 Å². The van der Waals surface area contributed by atoms with Crippen LogP contribution in [0.3, 0.4) is 0 Å². The number of thioether (sulfide) groups is 1. The van der Waals surface area contributed by atoms with Crippen LogP contribution in [0.2, 0.25) is 0 Å². The lowest BCUT2D eigenvalue weighted by Crippen LogP contribution is -1.99. The Balaban J connectivity index is 2.90. The van der Waals surface area contributed by atoms with Gasteiger partial charge < -0.3 is 14.6 Å². The molecule has 0 aliphatic heterocycles. The smallest absolute Gasteiger partial charge is 0.313 e. The Hall–Kier alpha value is -1.36. The van der Waals surface area contributed by atoms with E-state index in [1.807, 2.05) is 0 Å². The summed E-state index contributed by atoms with van der Waals surface area (Å²) in [6.45, 7) is 0. The number of carbonyl (C=O) groups is 1. The van der Waals surface area contributed by atoms with Crippen molar-refractivity contribution in [1.29, 1.82) is 0 Å². The first kappa shape index (κ1) is 11.7. The third kappa shape index (κ3) is 3.06. The van der Waals surface area contributed by atoms with Crippen molar-refractivity contribution in [3.8, 4) is 11.5 Å². The number of hydrogen-bond donors (Lipinski definition) is 1. The highest BCUT2D eigenvalue weighted by Gasteiger charge is 2.10. The minimum atomic E-state index is -0.857. The van der Waals surface area contributed by atoms with Gasteiger partial charge in [-0.1, -0.05) is 6.07 Å².